The first-order valence-corrected chi connectivity index (χ1v) is 8.56. The molecule has 0 aliphatic heterocycles. The van der Waals surface area contributed by atoms with Crippen molar-refractivity contribution in [1.29, 1.82) is 0 Å². The van der Waals surface area contributed by atoms with Gasteiger partial charge < -0.3 is 14.2 Å². The van der Waals surface area contributed by atoms with E-state index in [0.717, 1.165) is 19.1 Å². The van der Waals surface area contributed by atoms with Gasteiger partial charge in [-0.25, -0.2) is 0 Å². The molecule has 0 bridgehead atoms. The number of hydrogen-bond donors (Lipinski definition) is 0. The summed E-state index contributed by atoms with van der Waals surface area (Å²) in [5.41, 5.74) is 0. The third-order valence-electron chi connectivity index (χ3n) is 2.91. The lowest BCUT2D eigenvalue weighted by molar-refractivity contribution is -0.126. The second kappa shape index (κ2) is 9.46. The van der Waals surface area contributed by atoms with E-state index in [4.69, 9.17) is 18.4 Å². The van der Waals surface area contributed by atoms with E-state index in [9.17, 15) is 8.42 Å². The number of hydrogen-bond acceptors (Lipinski definition) is 6. The van der Waals surface area contributed by atoms with Crippen LogP contribution in [0.1, 0.15) is 25.7 Å². The van der Waals surface area contributed by atoms with E-state index < -0.39 is 16.2 Å². The molecule has 1 aliphatic rings. The highest BCUT2D eigenvalue weighted by molar-refractivity contribution is 7.86. The van der Waals surface area contributed by atoms with Crippen LogP contribution >= 0.6 is 0 Å². The Morgan fingerprint density at radius 2 is 1.75 bits per heavy atom. The van der Waals surface area contributed by atoms with Crippen molar-refractivity contribution in [2.75, 3.05) is 33.4 Å². The van der Waals surface area contributed by atoms with Crippen molar-refractivity contribution in [2.24, 2.45) is 0 Å². The molecule has 0 radical (unpaired) electrons. The van der Waals surface area contributed by atoms with Gasteiger partial charge in [-0.15, -0.1) is 0 Å². The normalized spacial score (nSPS) is 25.9. The standard InChI is InChI=1S/C13H24O6S/c1-16-9-10-17-11-18-12-7-5-3-4-6-8-13(12)19-20(2,14)15/h3-4,12-13H,5-11H2,1-2H3/b4-3-/t12-,13-/m0/s1. The Balaban J connectivity index is 2.48. The maximum absolute atomic E-state index is 11.3. The van der Waals surface area contributed by atoms with Crippen molar-refractivity contribution in [1.82, 2.24) is 0 Å². The van der Waals surface area contributed by atoms with Crippen LogP contribution in [0.25, 0.3) is 0 Å². The second-order valence-corrected chi connectivity index (χ2v) is 6.29. The quantitative estimate of drug-likeness (QED) is 0.293. The minimum Gasteiger partial charge on any atom is -0.382 e. The highest BCUT2D eigenvalue weighted by atomic mass is 32.2. The number of rotatable bonds is 8. The predicted octanol–water partition coefficient (Wildman–Crippen LogP) is 1.47. The third kappa shape index (κ3) is 7.96. The van der Waals surface area contributed by atoms with Gasteiger partial charge in [0.1, 0.15) is 12.9 Å². The lowest BCUT2D eigenvalue weighted by Gasteiger charge is -2.27. The molecule has 1 aliphatic carbocycles. The molecule has 0 fully saturated rings. The first kappa shape index (κ1) is 17.6. The predicted molar refractivity (Wildman–Crippen MR) is 74.9 cm³/mol. The van der Waals surface area contributed by atoms with E-state index in [2.05, 4.69) is 6.08 Å². The molecule has 0 aromatic rings. The van der Waals surface area contributed by atoms with Crippen LogP contribution in [0.15, 0.2) is 12.2 Å². The van der Waals surface area contributed by atoms with Crippen molar-refractivity contribution >= 4 is 10.1 Å². The molecule has 2 atom stereocenters. The Labute approximate surface area is 121 Å². The Hall–Kier alpha value is -0.470. The Bertz CT molecular complexity index is 378. The van der Waals surface area contributed by atoms with E-state index in [1.165, 1.54) is 0 Å². The minimum atomic E-state index is -3.49. The van der Waals surface area contributed by atoms with Crippen molar-refractivity contribution in [3.63, 3.8) is 0 Å². The summed E-state index contributed by atoms with van der Waals surface area (Å²) in [5.74, 6) is 0. The molecule has 0 saturated heterocycles. The topological polar surface area (TPSA) is 71.1 Å². The van der Waals surface area contributed by atoms with Crippen molar-refractivity contribution in [3.05, 3.63) is 12.2 Å². The van der Waals surface area contributed by atoms with Gasteiger partial charge in [-0.1, -0.05) is 12.2 Å². The summed E-state index contributed by atoms with van der Waals surface area (Å²) < 4.78 is 43.5. The molecule has 0 aromatic heterocycles. The summed E-state index contributed by atoms with van der Waals surface area (Å²) in [6.07, 6.45) is 7.41. The van der Waals surface area contributed by atoms with Gasteiger partial charge in [0.15, 0.2) is 0 Å². The zero-order valence-electron chi connectivity index (χ0n) is 12.1. The fourth-order valence-corrected chi connectivity index (χ4v) is 2.66. The molecule has 0 aromatic carbocycles. The van der Waals surface area contributed by atoms with Gasteiger partial charge in [0.25, 0.3) is 10.1 Å². The Kier molecular flexibility index (Phi) is 8.32. The largest absolute Gasteiger partial charge is 0.382 e. The molecule has 7 heteroatoms. The summed E-state index contributed by atoms with van der Waals surface area (Å²) in [5, 5.41) is 0. The fraction of sp³-hybridized carbons (Fsp3) is 0.846. The molecule has 20 heavy (non-hydrogen) atoms. The van der Waals surface area contributed by atoms with Gasteiger partial charge in [0.05, 0.1) is 25.6 Å². The van der Waals surface area contributed by atoms with Gasteiger partial charge in [-0.05, 0) is 25.7 Å². The van der Waals surface area contributed by atoms with Crippen LogP contribution in [0.3, 0.4) is 0 Å². The molecular weight excluding hydrogens is 284 g/mol. The average Bonchev–Trinajstić information content (AvgIpc) is 2.34. The SMILES string of the molecule is COCCOCO[C@H]1CC/C=C\CC[C@@H]1OS(C)(=O)=O. The zero-order chi connectivity index (χ0) is 14.8. The third-order valence-corrected chi connectivity index (χ3v) is 3.51. The zero-order valence-corrected chi connectivity index (χ0v) is 12.9. The molecular formula is C13H24O6S. The molecule has 118 valence electrons. The van der Waals surface area contributed by atoms with E-state index >= 15 is 0 Å². The number of ether oxygens (including phenoxy) is 3. The van der Waals surface area contributed by atoms with Crippen LogP contribution in [0.4, 0.5) is 0 Å². The van der Waals surface area contributed by atoms with Crippen molar-refractivity contribution in [2.45, 2.75) is 37.9 Å². The van der Waals surface area contributed by atoms with Crippen LogP contribution in [-0.4, -0.2) is 54.0 Å². The summed E-state index contributed by atoms with van der Waals surface area (Å²) >= 11 is 0. The molecule has 0 saturated carbocycles. The molecule has 0 amide bonds. The highest BCUT2D eigenvalue weighted by Crippen LogP contribution is 2.20. The molecule has 0 unspecified atom stereocenters. The van der Waals surface area contributed by atoms with Crippen LogP contribution in [0.2, 0.25) is 0 Å². The molecule has 0 spiro atoms. The lowest BCUT2D eigenvalue weighted by atomic mass is 10.0. The smallest absolute Gasteiger partial charge is 0.264 e. The molecule has 0 heterocycles. The number of allylic oxidation sites excluding steroid dienone is 2. The number of methoxy groups -OCH3 is 1. The van der Waals surface area contributed by atoms with E-state index in [1.54, 1.807) is 7.11 Å². The highest BCUT2D eigenvalue weighted by Gasteiger charge is 2.26. The van der Waals surface area contributed by atoms with Gasteiger partial charge >= 0.3 is 0 Å². The summed E-state index contributed by atoms with van der Waals surface area (Å²) in [7, 11) is -1.89. The summed E-state index contributed by atoms with van der Waals surface area (Å²) in [6.45, 7) is 1.06. The van der Waals surface area contributed by atoms with Crippen LogP contribution < -0.4 is 0 Å². The van der Waals surface area contributed by atoms with Gasteiger partial charge in [0, 0.05) is 7.11 Å². The fourth-order valence-electron chi connectivity index (χ4n) is 1.99. The Morgan fingerprint density at radius 1 is 1.10 bits per heavy atom. The van der Waals surface area contributed by atoms with Crippen LogP contribution in [0, 0.1) is 0 Å². The van der Waals surface area contributed by atoms with Gasteiger partial charge in [0.2, 0.25) is 0 Å². The van der Waals surface area contributed by atoms with Crippen LogP contribution in [0.5, 0.6) is 0 Å². The van der Waals surface area contributed by atoms with E-state index in [-0.39, 0.29) is 12.9 Å². The summed E-state index contributed by atoms with van der Waals surface area (Å²) in [4.78, 5) is 0. The van der Waals surface area contributed by atoms with Gasteiger partial charge in [-0.3, -0.25) is 4.18 Å². The minimum absolute atomic E-state index is 0.112. The molecule has 0 N–H and O–H groups in total. The average molecular weight is 308 g/mol. The van der Waals surface area contributed by atoms with Crippen molar-refractivity contribution in [3.8, 4) is 0 Å². The van der Waals surface area contributed by atoms with Gasteiger partial charge in [-0.2, -0.15) is 8.42 Å². The molecule has 1 rings (SSSR count). The Morgan fingerprint density at radius 3 is 2.35 bits per heavy atom. The monoisotopic (exact) mass is 308 g/mol. The van der Waals surface area contributed by atoms with E-state index in [0.29, 0.717) is 26.1 Å². The first-order chi connectivity index (χ1) is 9.53. The maximum Gasteiger partial charge on any atom is 0.264 e. The summed E-state index contributed by atoms with van der Waals surface area (Å²) in [6, 6.07) is 0. The first-order valence-electron chi connectivity index (χ1n) is 6.74. The van der Waals surface area contributed by atoms with Crippen molar-refractivity contribution < 1.29 is 26.8 Å². The second-order valence-electron chi connectivity index (χ2n) is 4.69. The lowest BCUT2D eigenvalue weighted by Crippen LogP contribution is -2.34. The van der Waals surface area contributed by atoms with E-state index in [1.807, 2.05) is 6.08 Å². The molecule has 6 nitrogen and oxygen atoms in total. The van der Waals surface area contributed by atoms with Crippen LogP contribution in [-0.2, 0) is 28.5 Å². The maximum atomic E-state index is 11.3.